The van der Waals surface area contributed by atoms with Crippen molar-refractivity contribution in [3.8, 4) is 11.8 Å². The Morgan fingerprint density at radius 2 is 1.44 bits per heavy atom. The minimum atomic E-state index is 0.846. The van der Waals surface area contributed by atoms with Gasteiger partial charge in [0, 0.05) is 12.8 Å². The van der Waals surface area contributed by atoms with Crippen LogP contribution in [-0.2, 0) is 4.79 Å². The van der Waals surface area contributed by atoms with Crippen molar-refractivity contribution < 1.29 is 4.79 Å². The van der Waals surface area contributed by atoms with Crippen LogP contribution in [0.1, 0.15) is 77.6 Å². The van der Waals surface area contributed by atoms with E-state index in [4.69, 9.17) is 0 Å². The summed E-state index contributed by atoms with van der Waals surface area (Å²) in [6.45, 7) is 2.22. The topological polar surface area (TPSA) is 17.1 Å². The molecule has 0 aromatic carbocycles. The minimum absolute atomic E-state index is 0.846. The maximum Gasteiger partial charge on any atom is 0.142 e. The monoisotopic (exact) mass is 248 g/mol. The number of carbonyl (C=O) groups is 1. The second-order valence-electron chi connectivity index (χ2n) is 4.68. The fourth-order valence-electron chi connectivity index (χ4n) is 1.80. The number of rotatable bonds is 11. The average molecular weight is 248 g/mol. The normalized spacial score (nSPS) is 10.3. The summed E-state index contributed by atoms with van der Waals surface area (Å²) in [5.74, 6) is 6.52. The molecule has 0 aliphatic rings. The van der Waals surface area contributed by atoms with Crippen molar-refractivity contribution >= 4 is 6.29 Å². The number of unbranched alkanes of at least 4 members (excludes halogenated alkanes) is 9. The van der Waals surface area contributed by atoms with E-state index in [2.05, 4.69) is 18.8 Å². The second-order valence-corrected chi connectivity index (χ2v) is 4.68. The first-order valence-electron chi connectivity index (χ1n) is 7.47. The molecule has 0 N–H and O–H groups in total. The minimum Gasteiger partial charge on any atom is -0.299 e. The van der Waals surface area contributed by atoms with E-state index in [0.717, 1.165) is 25.5 Å². The van der Waals surface area contributed by atoms with E-state index >= 15 is 0 Å². The molecule has 0 radical (unpaired) electrons. The van der Waals surface area contributed by atoms with Gasteiger partial charge in [-0.15, -0.1) is 11.8 Å². The van der Waals surface area contributed by atoms with E-state index in [1.807, 2.05) is 6.08 Å². The summed E-state index contributed by atoms with van der Waals surface area (Å²) in [5.41, 5.74) is 0. The van der Waals surface area contributed by atoms with E-state index < -0.39 is 0 Å². The summed E-state index contributed by atoms with van der Waals surface area (Å²) in [7, 11) is 0. The molecule has 0 saturated carbocycles. The van der Waals surface area contributed by atoms with Crippen LogP contribution in [0, 0.1) is 11.8 Å². The highest BCUT2D eigenvalue weighted by Gasteiger charge is 1.88. The van der Waals surface area contributed by atoms with Crippen LogP contribution in [0.3, 0.4) is 0 Å². The molecule has 0 amide bonds. The van der Waals surface area contributed by atoms with Crippen LogP contribution in [0.15, 0.2) is 12.2 Å². The van der Waals surface area contributed by atoms with Crippen LogP contribution in [0.25, 0.3) is 0 Å². The largest absolute Gasteiger partial charge is 0.299 e. The maximum absolute atomic E-state index is 10.0. The van der Waals surface area contributed by atoms with Gasteiger partial charge in [0.1, 0.15) is 6.29 Å². The Hall–Kier alpha value is -1.03. The molecule has 0 fully saturated rings. The Morgan fingerprint density at radius 3 is 2.11 bits per heavy atom. The maximum atomic E-state index is 10.0. The lowest BCUT2D eigenvalue weighted by Gasteiger charge is -1.97. The van der Waals surface area contributed by atoms with Gasteiger partial charge in [0.15, 0.2) is 0 Å². The lowest BCUT2D eigenvalue weighted by atomic mass is 10.1. The quantitative estimate of drug-likeness (QED) is 0.216. The van der Waals surface area contributed by atoms with Crippen molar-refractivity contribution in [3.63, 3.8) is 0 Å². The van der Waals surface area contributed by atoms with Crippen LogP contribution >= 0.6 is 0 Å². The van der Waals surface area contributed by atoms with Crippen molar-refractivity contribution in [2.45, 2.75) is 77.6 Å². The smallest absolute Gasteiger partial charge is 0.142 e. The zero-order chi connectivity index (χ0) is 13.3. The predicted molar refractivity (Wildman–Crippen MR) is 79.4 cm³/mol. The summed E-state index contributed by atoms with van der Waals surface area (Å²) in [6, 6.07) is 0. The average Bonchev–Trinajstić information content (AvgIpc) is 2.39. The van der Waals surface area contributed by atoms with Gasteiger partial charge in [-0.3, -0.25) is 4.79 Å². The first-order chi connectivity index (χ1) is 8.91. The van der Waals surface area contributed by atoms with Crippen molar-refractivity contribution in [3.05, 3.63) is 12.2 Å². The summed E-state index contributed by atoms with van der Waals surface area (Å²) in [5, 5.41) is 0. The molecule has 0 aromatic rings. The number of hydrogen-bond acceptors (Lipinski definition) is 1. The predicted octanol–water partition coefficient (Wildman–Crippen LogP) is 5.06. The third kappa shape index (κ3) is 15.0. The molecule has 0 heterocycles. The Labute approximate surface area is 113 Å². The summed E-state index contributed by atoms with van der Waals surface area (Å²) in [4.78, 5) is 10.0. The molecule has 18 heavy (non-hydrogen) atoms. The summed E-state index contributed by atoms with van der Waals surface area (Å²) in [6.07, 6.45) is 17.7. The lowest BCUT2D eigenvalue weighted by molar-refractivity contribution is -0.104. The highest BCUT2D eigenvalue weighted by molar-refractivity contribution is 5.64. The van der Waals surface area contributed by atoms with Crippen molar-refractivity contribution in [2.75, 3.05) is 0 Å². The van der Waals surface area contributed by atoms with E-state index in [1.54, 1.807) is 6.08 Å². The van der Waals surface area contributed by atoms with Gasteiger partial charge in [0.25, 0.3) is 0 Å². The summed E-state index contributed by atoms with van der Waals surface area (Å²) >= 11 is 0. The van der Waals surface area contributed by atoms with Gasteiger partial charge >= 0.3 is 0 Å². The highest BCUT2D eigenvalue weighted by Crippen LogP contribution is 2.07. The highest BCUT2D eigenvalue weighted by atomic mass is 16.1. The number of hydrogen-bond donors (Lipinski definition) is 0. The van der Waals surface area contributed by atoms with Crippen LogP contribution in [0.2, 0.25) is 0 Å². The number of carbonyl (C=O) groups excluding carboxylic acids is 1. The third-order valence-corrected chi connectivity index (χ3v) is 2.92. The van der Waals surface area contributed by atoms with E-state index in [9.17, 15) is 4.79 Å². The molecular formula is C17H28O. The molecule has 0 aliphatic heterocycles. The van der Waals surface area contributed by atoms with Gasteiger partial charge in [0.05, 0.1) is 0 Å². The van der Waals surface area contributed by atoms with Crippen LogP contribution in [0.5, 0.6) is 0 Å². The standard InChI is InChI=1S/C17H28O/c1-2-3-4-5-6-7-8-9-10-11-12-13-14-15-16-17-18/h15-17H,2-5,8-14H2,1H3. The Kier molecular flexibility index (Phi) is 15.1. The first kappa shape index (κ1) is 17.0. The Balaban J connectivity index is 3.11. The van der Waals surface area contributed by atoms with Crippen LogP contribution in [0.4, 0.5) is 0 Å². The Morgan fingerprint density at radius 1 is 0.833 bits per heavy atom. The SMILES string of the molecule is CCCCCC#CCCCCCCCC=CC=O. The number of aldehydes is 1. The van der Waals surface area contributed by atoms with Gasteiger partial charge < -0.3 is 0 Å². The molecule has 1 heteroatoms. The van der Waals surface area contributed by atoms with Crippen molar-refractivity contribution in [1.29, 1.82) is 0 Å². The molecule has 0 atom stereocenters. The molecule has 0 spiro atoms. The number of allylic oxidation sites excluding steroid dienone is 2. The molecule has 0 aromatic heterocycles. The molecule has 102 valence electrons. The van der Waals surface area contributed by atoms with E-state index in [-0.39, 0.29) is 0 Å². The van der Waals surface area contributed by atoms with Gasteiger partial charge in [-0.1, -0.05) is 45.1 Å². The Bertz CT molecular complexity index is 255. The van der Waals surface area contributed by atoms with Crippen molar-refractivity contribution in [1.82, 2.24) is 0 Å². The molecule has 0 saturated heterocycles. The molecule has 0 aliphatic carbocycles. The molecular weight excluding hydrogens is 220 g/mol. The summed E-state index contributed by atoms with van der Waals surface area (Å²) < 4.78 is 0. The molecule has 0 unspecified atom stereocenters. The van der Waals surface area contributed by atoms with Gasteiger partial charge in [-0.25, -0.2) is 0 Å². The fraction of sp³-hybridized carbons (Fsp3) is 0.706. The first-order valence-corrected chi connectivity index (χ1v) is 7.47. The van der Waals surface area contributed by atoms with E-state index in [1.165, 1.54) is 51.4 Å². The molecule has 0 rings (SSSR count). The zero-order valence-corrected chi connectivity index (χ0v) is 11.9. The zero-order valence-electron chi connectivity index (χ0n) is 11.9. The molecule has 0 bridgehead atoms. The van der Waals surface area contributed by atoms with Crippen LogP contribution in [-0.4, -0.2) is 6.29 Å². The third-order valence-electron chi connectivity index (χ3n) is 2.92. The van der Waals surface area contributed by atoms with Gasteiger partial charge in [0.2, 0.25) is 0 Å². The van der Waals surface area contributed by atoms with Gasteiger partial charge in [-0.2, -0.15) is 0 Å². The van der Waals surface area contributed by atoms with Crippen molar-refractivity contribution in [2.24, 2.45) is 0 Å². The second kappa shape index (κ2) is 16.0. The fourth-order valence-corrected chi connectivity index (χ4v) is 1.80. The van der Waals surface area contributed by atoms with Gasteiger partial charge in [-0.05, 0) is 31.8 Å². The van der Waals surface area contributed by atoms with E-state index in [0.29, 0.717) is 0 Å². The van der Waals surface area contributed by atoms with Crippen LogP contribution < -0.4 is 0 Å². The lowest BCUT2D eigenvalue weighted by Crippen LogP contribution is -1.79. The molecule has 1 nitrogen and oxygen atoms in total.